The standard InChI is InChI=1S/C30H26ClN3O4S2/c1-19(28(35)33-25-16-21(31)13-14-27(25)38-2)40-24-11-6-10-22(17-24)32-30(37)26(18-23-12-7-15-39-23)34-29(36)20-8-4-3-5-9-20/h3-19H,1-2H3,(H,32,37)(H,33,35)(H,34,36)/b26-18-. The van der Waals surface area contributed by atoms with Gasteiger partial charge in [-0.15, -0.1) is 23.1 Å². The van der Waals surface area contributed by atoms with Gasteiger partial charge in [0.15, 0.2) is 0 Å². The van der Waals surface area contributed by atoms with Crippen LogP contribution in [0.3, 0.4) is 0 Å². The van der Waals surface area contributed by atoms with E-state index in [-0.39, 0.29) is 17.5 Å². The molecule has 3 aromatic carbocycles. The molecule has 40 heavy (non-hydrogen) atoms. The molecule has 0 saturated heterocycles. The Labute approximate surface area is 245 Å². The lowest BCUT2D eigenvalue weighted by atomic mass is 10.2. The van der Waals surface area contributed by atoms with Gasteiger partial charge in [0, 0.05) is 26.0 Å². The van der Waals surface area contributed by atoms with Crippen molar-refractivity contribution in [2.24, 2.45) is 0 Å². The summed E-state index contributed by atoms with van der Waals surface area (Å²) in [7, 11) is 1.52. The van der Waals surface area contributed by atoms with Crippen LogP contribution in [0.5, 0.6) is 5.75 Å². The fourth-order valence-corrected chi connectivity index (χ4v) is 5.33. The fraction of sp³-hybridized carbons (Fsp3) is 0.100. The molecule has 4 aromatic rings. The van der Waals surface area contributed by atoms with Gasteiger partial charge in [-0.1, -0.05) is 41.9 Å². The normalized spacial score (nSPS) is 11.8. The summed E-state index contributed by atoms with van der Waals surface area (Å²) in [6.45, 7) is 1.78. The molecule has 0 saturated carbocycles. The second-order valence-electron chi connectivity index (χ2n) is 8.47. The van der Waals surface area contributed by atoms with Crippen molar-refractivity contribution >= 4 is 69.9 Å². The molecule has 1 heterocycles. The summed E-state index contributed by atoms with van der Waals surface area (Å²) in [6.07, 6.45) is 1.63. The average Bonchev–Trinajstić information content (AvgIpc) is 3.46. The molecule has 0 radical (unpaired) electrons. The van der Waals surface area contributed by atoms with Crippen LogP contribution in [0.1, 0.15) is 22.2 Å². The summed E-state index contributed by atoms with van der Waals surface area (Å²) in [6, 6.07) is 24.6. The van der Waals surface area contributed by atoms with Gasteiger partial charge in [0.05, 0.1) is 18.0 Å². The third-order valence-electron chi connectivity index (χ3n) is 5.55. The van der Waals surface area contributed by atoms with E-state index in [1.165, 1.54) is 30.2 Å². The maximum absolute atomic E-state index is 13.3. The Morgan fingerprint density at radius 2 is 1.75 bits per heavy atom. The summed E-state index contributed by atoms with van der Waals surface area (Å²) in [5.74, 6) is -0.590. The number of nitrogens with one attached hydrogen (secondary N) is 3. The van der Waals surface area contributed by atoms with Crippen molar-refractivity contribution in [1.82, 2.24) is 5.32 Å². The first-order valence-electron chi connectivity index (χ1n) is 12.2. The highest BCUT2D eigenvalue weighted by molar-refractivity contribution is 8.00. The van der Waals surface area contributed by atoms with Crippen LogP contribution in [0.4, 0.5) is 11.4 Å². The Morgan fingerprint density at radius 1 is 0.950 bits per heavy atom. The van der Waals surface area contributed by atoms with Gasteiger partial charge in [-0.25, -0.2) is 0 Å². The van der Waals surface area contributed by atoms with Crippen molar-refractivity contribution in [2.75, 3.05) is 17.7 Å². The minimum atomic E-state index is -0.473. The molecule has 3 amide bonds. The van der Waals surface area contributed by atoms with E-state index in [1.807, 2.05) is 29.6 Å². The van der Waals surface area contributed by atoms with Gasteiger partial charge in [0.1, 0.15) is 11.4 Å². The minimum Gasteiger partial charge on any atom is -0.495 e. The smallest absolute Gasteiger partial charge is 0.272 e. The lowest BCUT2D eigenvalue weighted by Crippen LogP contribution is -2.30. The van der Waals surface area contributed by atoms with Crippen LogP contribution < -0.4 is 20.7 Å². The average molecular weight is 592 g/mol. The molecule has 0 aliphatic heterocycles. The van der Waals surface area contributed by atoms with E-state index in [0.717, 1.165) is 9.77 Å². The molecule has 1 atom stereocenters. The lowest BCUT2D eigenvalue weighted by Gasteiger charge is -2.15. The van der Waals surface area contributed by atoms with Gasteiger partial charge in [-0.2, -0.15) is 0 Å². The summed E-state index contributed by atoms with van der Waals surface area (Å²) in [5, 5.41) is 10.3. The maximum atomic E-state index is 13.3. The highest BCUT2D eigenvalue weighted by Gasteiger charge is 2.18. The number of thioether (sulfide) groups is 1. The maximum Gasteiger partial charge on any atom is 0.272 e. The van der Waals surface area contributed by atoms with E-state index < -0.39 is 11.2 Å². The van der Waals surface area contributed by atoms with Crippen molar-refractivity contribution < 1.29 is 19.1 Å². The summed E-state index contributed by atoms with van der Waals surface area (Å²) in [5.41, 5.74) is 1.55. The van der Waals surface area contributed by atoms with Crippen LogP contribution in [0, 0.1) is 0 Å². The van der Waals surface area contributed by atoms with Crippen molar-refractivity contribution in [3.63, 3.8) is 0 Å². The van der Waals surface area contributed by atoms with E-state index in [4.69, 9.17) is 16.3 Å². The van der Waals surface area contributed by atoms with Crippen LogP contribution in [-0.2, 0) is 9.59 Å². The molecule has 3 N–H and O–H groups in total. The molecule has 0 aliphatic rings. The number of carbonyl (C=O) groups is 3. The zero-order valence-corrected chi connectivity index (χ0v) is 24.0. The topological polar surface area (TPSA) is 96.5 Å². The van der Waals surface area contributed by atoms with Crippen LogP contribution in [0.25, 0.3) is 6.08 Å². The molecule has 10 heteroatoms. The van der Waals surface area contributed by atoms with Crippen molar-refractivity contribution in [2.45, 2.75) is 17.1 Å². The third-order valence-corrected chi connectivity index (χ3v) is 7.70. The predicted molar refractivity (Wildman–Crippen MR) is 163 cm³/mol. The SMILES string of the molecule is COc1ccc(Cl)cc1NC(=O)C(C)Sc1cccc(NC(=O)/C(=C/c2cccs2)NC(=O)c2ccccc2)c1. The number of rotatable bonds is 10. The Hall–Kier alpha value is -4.05. The Morgan fingerprint density at radius 3 is 2.48 bits per heavy atom. The van der Waals surface area contributed by atoms with Gasteiger partial charge in [-0.3, -0.25) is 14.4 Å². The number of amides is 3. The van der Waals surface area contributed by atoms with Gasteiger partial charge >= 0.3 is 0 Å². The fourth-order valence-electron chi connectivity index (χ4n) is 3.57. The molecule has 1 unspecified atom stereocenters. The monoisotopic (exact) mass is 591 g/mol. The molecule has 0 aliphatic carbocycles. The zero-order chi connectivity index (χ0) is 28.5. The first-order valence-corrected chi connectivity index (χ1v) is 14.3. The predicted octanol–water partition coefficient (Wildman–Crippen LogP) is 6.94. The van der Waals surface area contributed by atoms with E-state index in [2.05, 4.69) is 16.0 Å². The number of benzene rings is 3. The summed E-state index contributed by atoms with van der Waals surface area (Å²) in [4.78, 5) is 40.5. The molecule has 0 fully saturated rings. The Bertz CT molecular complexity index is 1530. The number of ether oxygens (including phenoxy) is 1. The summed E-state index contributed by atoms with van der Waals surface area (Å²) < 4.78 is 5.30. The first-order chi connectivity index (χ1) is 19.3. The molecule has 4 rings (SSSR count). The zero-order valence-electron chi connectivity index (χ0n) is 21.6. The van der Waals surface area contributed by atoms with E-state index in [1.54, 1.807) is 73.7 Å². The highest BCUT2D eigenvalue weighted by Crippen LogP contribution is 2.30. The Balaban J connectivity index is 1.45. The van der Waals surface area contributed by atoms with E-state index >= 15 is 0 Å². The quantitative estimate of drug-likeness (QED) is 0.137. The number of thiophene rings is 1. The first kappa shape index (κ1) is 28.9. The molecule has 1 aromatic heterocycles. The van der Waals surface area contributed by atoms with Crippen molar-refractivity contribution in [3.05, 3.63) is 111 Å². The molecular weight excluding hydrogens is 566 g/mol. The number of anilines is 2. The molecular formula is C30H26ClN3O4S2. The molecule has 7 nitrogen and oxygen atoms in total. The van der Waals surface area contributed by atoms with Crippen LogP contribution in [-0.4, -0.2) is 30.1 Å². The van der Waals surface area contributed by atoms with Crippen LogP contribution >= 0.6 is 34.7 Å². The Kier molecular flexibility index (Phi) is 10.0. The van der Waals surface area contributed by atoms with E-state index in [9.17, 15) is 14.4 Å². The second kappa shape index (κ2) is 13.8. The van der Waals surface area contributed by atoms with Crippen molar-refractivity contribution in [3.8, 4) is 5.75 Å². The number of methoxy groups -OCH3 is 1. The second-order valence-corrected chi connectivity index (χ2v) is 11.3. The molecule has 0 spiro atoms. The van der Waals surface area contributed by atoms with Gasteiger partial charge in [-0.05, 0) is 73.0 Å². The van der Waals surface area contributed by atoms with Gasteiger partial charge < -0.3 is 20.7 Å². The minimum absolute atomic E-state index is 0.109. The summed E-state index contributed by atoms with van der Waals surface area (Å²) >= 11 is 8.85. The largest absolute Gasteiger partial charge is 0.495 e. The van der Waals surface area contributed by atoms with Crippen LogP contribution in [0.15, 0.2) is 101 Å². The van der Waals surface area contributed by atoms with Crippen LogP contribution in [0.2, 0.25) is 5.02 Å². The van der Waals surface area contributed by atoms with Gasteiger partial charge in [0.25, 0.3) is 11.8 Å². The lowest BCUT2D eigenvalue weighted by molar-refractivity contribution is -0.115. The van der Waals surface area contributed by atoms with Gasteiger partial charge in [0.2, 0.25) is 5.91 Å². The number of carbonyl (C=O) groups excluding carboxylic acids is 3. The number of hydrogen-bond donors (Lipinski definition) is 3. The molecule has 204 valence electrons. The number of hydrogen-bond acceptors (Lipinski definition) is 6. The molecule has 0 bridgehead atoms. The van der Waals surface area contributed by atoms with Crippen molar-refractivity contribution in [1.29, 1.82) is 0 Å². The third kappa shape index (κ3) is 7.98. The van der Waals surface area contributed by atoms with E-state index in [0.29, 0.717) is 27.7 Å². The number of halogens is 1. The highest BCUT2D eigenvalue weighted by atomic mass is 35.5.